The van der Waals surface area contributed by atoms with Crippen molar-refractivity contribution >= 4 is 45.1 Å². The van der Waals surface area contributed by atoms with Gasteiger partial charge in [-0.1, -0.05) is 24.3 Å². The molecule has 2 aromatic heterocycles. The van der Waals surface area contributed by atoms with Crippen LogP contribution in [0.25, 0.3) is 16.5 Å². The summed E-state index contributed by atoms with van der Waals surface area (Å²) in [6, 6.07) is 15.3. The Kier molecular flexibility index (Phi) is 5.80. The number of nitrogens with one attached hydrogen (secondary N) is 1. The minimum Gasteiger partial charge on any atom is -0.368 e. The molecule has 1 atom stereocenters. The molecule has 4 rings (SSSR count). The first-order chi connectivity index (χ1) is 15.3. The summed E-state index contributed by atoms with van der Waals surface area (Å²) in [5.74, 6) is -0.275. The van der Waals surface area contributed by atoms with E-state index in [1.807, 2.05) is 25.1 Å². The predicted molar refractivity (Wildman–Crippen MR) is 130 cm³/mol. The Bertz CT molecular complexity index is 1460. The molecule has 2 aromatic carbocycles. The second-order valence-electron chi connectivity index (χ2n) is 7.23. The summed E-state index contributed by atoms with van der Waals surface area (Å²) in [4.78, 5) is 21.7. The van der Waals surface area contributed by atoms with Crippen molar-refractivity contribution in [2.45, 2.75) is 19.9 Å². The van der Waals surface area contributed by atoms with E-state index in [-0.39, 0.29) is 22.7 Å². The zero-order chi connectivity index (χ0) is 23.0. The Labute approximate surface area is 196 Å². The van der Waals surface area contributed by atoms with Crippen molar-refractivity contribution in [3.05, 3.63) is 85.2 Å². The van der Waals surface area contributed by atoms with Gasteiger partial charge >= 0.3 is 0 Å². The third kappa shape index (κ3) is 3.78. The number of hydrogen-bond donors (Lipinski definition) is 2. The molecule has 0 aliphatic carbocycles. The highest BCUT2D eigenvalue weighted by Crippen LogP contribution is 2.28. The van der Waals surface area contributed by atoms with Crippen LogP contribution < -0.4 is 16.6 Å². The van der Waals surface area contributed by atoms with Gasteiger partial charge in [-0.05, 0) is 66.1 Å². The van der Waals surface area contributed by atoms with Gasteiger partial charge in [-0.25, -0.2) is 9.37 Å². The largest absolute Gasteiger partial charge is 0.368 e. The van der Waals surface area contributed by atoms with Gasteiger partial charge in [0.1, 0.15) is 23.3 Å². The molecule has 0 unspecified atom stereocenters. The van der Waals surface area contributed by atoms with Gasteiger partial charge in [-0.3, -0.25) is 9.36 Å². The first kappa shape index (κ1) is 21.7. The topological polar surface area (TPSA) is 110 Å². The first-order valence-electron chi connectivity index (χ1n) is 9.71. The lowest BCUT2D eigenvalue weighted by Crippen LogP contribution is -2.27. The van der Waals surface area contributed by atoms with Crippen LogP contribution in [0.1, 0.15) is 29.9 Å². The molecule has 0 radical (unpaired) electrons. The number of benzene rings is 2. The van der Waals surface area contributed by atoms with Crippen LogP contribution in [0.15, 0.2) is 53.3 Å². The number of nitrogens with two attached hydrogens (primary N) is 1. The van der Waals surface area contributed by atoms with Gasteiger partial charge in [-0.15, -0.1) is 0 Å². The number of aromatic nitrogens is 3. The number of nitrogen functional groups attached to an aromatic ring is 1. The lowest BCUT2D eigenvalue weighted by molar-refractivity contribution is 0.637. The highest BCUT2D eigenvalue weighted by molar-refractivity contribution is 14.1. The summed E-state index contributed by atoms with van der Waals surface area (Å²) in [5, 5.41) is 13.2. The van der Waals surface area contributed by atoms with Crippen molar-refractivity contribution in [2.24, 2.45) is 0 Å². The Morgan fingerprint density at radius 3 is 2.69 bits per heavy atom. The molecule has 7 nitrogen and oxygen atoms in total. The molecule has 0 saturated heterocycles. The van der Waals surface area contributed by atoms with Crippen LogP contribution in [0.5, 0.6) is 0 Å². The number of nitriles is 1. The molecule has 4 aromatic rings. The molecular formula is C23H18FIN6O. The van der Waals surface area contributed by atoms with Crippen LogP contribution in [-0.4, -0.2) is 14.5 Å². The van der Waals surface area contributed by atoms with Crippen molar-refractivity contribution in [1.29, 1.82) is 5.26 Å². The molecule has 0 bridgehead atoms. The maximum absolute atomic E-state index is 14.6. The van der Waals surface area contributed by atoms with Crippen molar-refractivity contribution in [3.63, 3.8) is 0 Å². The van der Waals surface area contributed by atoms with Gasteiger partial charge < -0.3 is 11.1 Å². The fourth-order valence-corrected chi connectivity index (χ4v) is 4.28. The van der Waals surface area contributed by atoms with Gasteiger partial charge in [0.25, 0.3) is 5.56 Å². The number of nitrogens with zero attached hydrogens (tertiary/aromatic N) is 4. The fourth-order valence-electron chi connectivity index (χ4n) is 3.65. The number of aryl methyl sites for hydroxylation is 1. The average Bonchev–Trinajstić information content (AvgIpc) is 2.74. The molecule has 9 heteroatoms. The van der Waals surface area contributed by atoms with Crippen LogP contribution in [0.3, 0.4) is 0 Å². The van der Waals surface area contributed by atoms with Gasteiger partial charge in [0.05, 0.1) is 22.8 Å². The summed E-state index contributed by atoms with van der Waals surface area (Å²) in [7, 11) is 0. The number of halogens is 2. The maximum atomic E-state index is 14.6. The zero-order valence-electron chi connectivity index (χ0n) is 17.2. The van der Waals surface area contributed by atoms with Crippen LogP contribution in [-0.2, 0) is 0 Å². The molecule has 2 heterocycles. The number of pyridine rings is 1. The van der Waals surface area contributed by atoms with Crippen molar-refractivity contribution in [3.8, 4) is 11.8 Å². The van der Waals surface area contributed by atoms with Crippen molar-refractivity contribution < 1.29 is 4.39 Å². The second-order valence-corrected chi connectivity index (χ2v) is 8.40. The molecule has 0 saturated carbocycles. The van der Waals surface area contributed by atoms with E-state index in [0.717, 1.165) is 3.57 Å². The number of rotatable bonds is 4. The third-order valence-corrected chi connectivity index (χ3v) is 6.05. The smallest absolute Gasteiger partial charge is 0.266 e. The SMILES string of the molecule is Cc1nc(N)nc(N[C@@H](C)c2cc3cccc(F)c3c(=O)n2-c2ccccc2I)c1C#N. The third-order valence-electron chi connectivity index (χ3n) is 5.13. The molecule has 32 heavy (non-hydrogen) atoms. The summed E-state index contributed by atoms with van der Waals surface area (Å²) in [6.45, 7) is 3.51. The predicted octanol–water partition coefficient (Wildman–Crippen LogP) is 4.46. The highest BCUT2D eigenvalue weighted by Gasteiger charge is 2.21. The normalized spacial score (nSPS) is 11.8. The Morgan fingerprint density at radius 1 is 1.22 bits per heavy atom. The summed E-state index contributed by atoms with van der Waals surface area (Å²) in [5.41, 5.74) is 7.24. The Balaban J connectivity index is 1.97. The molecule has 0 amide bonds. The highest BCUT2D eigenvalue weighted by atomic mass is 127. The van der Waals surface area contributed by atoms with E-state index >= 15 is 0 Å². The number of hydrogen-bond acceptors (Lipinski definition) is 6. The van der Waals surface area contributed by atoms with Gasteiger partial charge in [0, 0.05) is 9.26 Å². The number of para-hydroxylation sites is 1. The van der Waals surface area contributed by atoms with E-state index in [9.17, 15) is 14.4 Å². The zero-order valence-corrected chi connectivity index (χ0v) is 19.4. The minimum absolute atomic E-state index is 0.0166. The number of fused-ring (bicyclic) bond motifs is 1. The van der Waals surface area contributed by atoms with Crippen LogP contribution in [0, 0.1) is 27.6 Å². The van der Waals surface area contributed by atoms with Gasteiger partial charge in [-0.2, -0.15) is 10.2 Å². The van der Waals surface area contributed by atoms with E-state index < -0.39 is 17.4 Å². The summed E-state index contributed by atoms with van der Waals surface area (Å²) in [6.07, 6.45) is 0. The van der Waals surface area contributed by atoms with Crippen molar-refractivity contribution in [2.75, 3.05) is 11.1 Å². The quantitative estimate of drug-likeness (QED) is 0.370. The minimum atomic E-state index is -0.578. The van der Waals surface area contributed by atoms with E-state index in [1.165, 1.54) is 10.6 Å². The molecule has 0 aliphatic rings. The summed E-state index contributed by atoms with van der Waals surface area (Å²) >= 11 is 2.14. The molecule has 0 fully saturated rings. The molecular weight excluding hydrogens is 522 g/mol. The van der Waals surface area contributed by atoms with Gasteiger partial charge in [0.15, 0.2) is 0 Å². The average molecular weight is 540 g/mol. The Morgan fingerprint density at radius 2 is 1.97 bits per heavy atom. The fraction of sp³-hybridized carbons (Fsp3) is 0.130. The maximum Gasteiger partial charge on any atom is 0.266 e. The lowest BCUT2D eigenvalue weighted by atomic mass is 10.1. The summed E-state index contributed by atoms with van der Waals surface area (Å²) < 4.78 is 16.9. The molecule has 3 N–H and O–H groups in total. The van der Waals surface area contributed by atoms with Crippen LogP contribution in [0.2, 0.25) is 0 Å². The van der Waals surface area contributed by atoms with E-state index in [1.54, 1.807) is 31.2 Å². The molecule has 160 valence electrons. The second kappa shape index (κ2) is 8.55. The lowest BCUT2D eigenvalue weighted by Gasteiger charge is -2.22. The molecule has 0 aliphatic heterocycles. The Hall–Kier alpha value is -3.52. The van der Waals surface area contributed by atoms with Gasteiger partial charge in [0.2, 0.25) is 5.95 Å². The van der Waals surface area contributed by atoms with E-state index in [2.05, 4.69) is 43.9 Å². The number of anilines is 2. The first-order valence-corrected chi connectivity index (χ1v) is 10.8. The van der Waals surface area contributed by atoms with Crippen LogP contribution in [0.4, 0.5) is 16.2 Å². The van der Waals surface area contributed by atoms with Crippen LogP contribution >= 0.6 is 22.6 Å². The van der Waals surface area contributed by atoms with Crippen molar-refractivity contribution in [1.82, 2.24) is 14.5 Å². The molecule has 0 spiro atoms. The monoisotopic (exact) mass is 540 g/mol. The van der Waals surface area contributed by atoms with E-state index in [0.29, 0.717) is 22.5 Å². The standard InChI is InChI=1S/C23H18FIN6O/c1-12-15(11-26)21(30-23(27)29-12)28-13(2)19-10-14-6-5-7-16(24)20(14)22(32)31(19)18-9-4-3-8-17(18)25/h3-10,13H,1-2H3,(H3,27,28,29,30)/t13-/m0/s1. The van der Waals surface area contributed by atoms with E-state index in [4.69, 9.17) is 5.73 Å².